The van der Waals surface area contributed by atoms with E-state index >= 15 is 0 Å². The number of nitrogens with one attached hydrogen (secondary N) is 1. The Morgan fingerprint density at radius 3 is 3.12 bits per heavy atom. The normalized spacial score (nSPS) is 19.2. The van der Waals surface area contributed by atoms with Gasteiger partial charge in [-0.2, -0.15) is 0 Å². The van der Waals surface area contributed by atoms with E-state index in [9.17, 15) is 4.79 Å². The van der Waals surface area contributed by atoms with Crippen LogP contribution >= 0.6 is 11.6 Å². The van der Waals surface area contributed by atoms with E-state index in [0.717, 1.165) is 25.9 Å². The Labute approximate surface area is 106 Å². The van der Waals surface area contributed by atoms with Crippen molar-refractivity contribution in [2.75, 3.05) is 13.2 Å². The van der Waals surface area contributed by atoms with Crippen LogP contribution in [0.15, 0.2) is 24.3 Å². The summed E-state index contributed by atoms with van der Waals surface area (Å²) in [7, 11) is 0. The highest BCUT2D eigenvalue weighted by molar-refractivity contribution is 6.30. The molecule has 1 N–H and O–H groups in total. The molecule has 1 heterocycles. The van der Waals surface area contributed by atoms with Crippen molar-refractivity contribution < 1.29 is 9.53 Å². The number of carbonyl (C=O) groups excluding carboxylic acids is 1. The predicted molar refractivity (Wildman–Crippen MR) is 67.4 cm³/mol. The molecule has 0 radical (unpaired) electrons. The molecule has 0 aromatic heterocycles. The molecule has 0 aliphatic carbocycles. The van der Waals surface area contributed by atoms with Gasteiger partial charge in [0, 0.05) is 23.7 Å². The first-order valence-corrected chi connectivity index (χ1v) is 6.29. The second-order valence-electron chi connectivity index (χ2n) is 4.19. The maximum Gasteiger partial charge on any atom is 0.251 e. The third-order valence-electron chi connectivity index (χ3n) is 2.86. The molecule has 1 fully saturated rings. The highest BCUT2D eigenvalue weighted by atomic mass is 35.5. The zero-order chi connectivity index (χ0) is 12.1. The number of hydrogen-bond donors (Lipinski definition) is 1. The molecule has 1 atom stereocenters. The van der Waals surface area contributed by atoms with Crippen LogP contribution in [0.4, 0.5) is 0 Å². The van der Waals surface area contributed by atoms with E-state index in [1.165, 1.54) is 0 Å². The van der Waals surface area contributed by atoms with Gasteiger partial charge in [0.2, 0.25) is 0 Å². The smallest absolute Gasteiger partial charge is 0.251 e. The topological polar surface area (TPSA) is 38.3 Å². The Morgan fingerprint density at radius 2 is 2.41 bits per heavy atom. The number of rotatable bonds is 4. The lowest BCUT2D eigenvalue weighted by Crippen LogP contribution is -2.26. The second kappa shape index (κ2) is 6.03. The van der Waals surface area contributed by atoms with Crippen molar-refractivity contribution in [2.24, 2.45) is 0 Å². The summed E-state index contributed by atoms with van der Waals surface area (Å²) >= 11 is 5.83. The molecule has 1 aromatic carbocycles. The molecule has 0 bridgehead atoms. The molecule has 1 aliphatic heterocycles. The molecule has 92 valence electrons. The van der Waals surface area contributed by atoms with Crippen LogP contribution in [-0.2, 0) is 4.74 Å². The van der Waals surface area contributed by atoms with Gasteiger partial charge in [0.05, 0.1) is 6.10 Å². The lowest BCUT2D eigenvalue weighted by atomic mass is 10.1. The van der Waals surface area contributed by atoms with E-state index in [1.54, 1.807) is 24.3 Å². The van der Waals surface area contributed by atoms with Crippen LogP contribution in [0.2, 0.25) is 5.02 Å². The third kappa shape index (κ3) is 3.72. The van der Waals surface area contributed by atoms with Crippen molar-refractivity contribution in [3.63, 3.8) is 0 Å². The fourth-order valence-corrected chi connectivity index (χ4v) is 2.14. The van der Waals surface area contributed by atoms with Crippen LogP contribution in [0, 0.1) is 0 Å². The molecule has 1 unspecified atom stereocenters. The molecule has 0 saturated carbocycles. The number of benzene rings is 1. The van der Waals surface area contributed by atoms with Gasteiger partial charge in [0.15, 0.2) is 0 Å². The Hall–Kier alpha value is -1.06. The highest BCUT2D eigenvalue weighted by Crippen LogP contribution is 2.14. The van der Waals surface area contributed by atoms with E-state index < -0.39 is 0 Å². The molecule has 1 saturated heterocycles. The number of hydrogen-bond acceptors (Lipinski definition) is 2. The maximum absolute atomic E-state index is 11.8. The number of amides is 1. The lowest BCUT2D eigenvalue weighted by molar-refractivity contribution is 0.0907. The van der Waals surface area contributed by atoms with Gasteiger partial charge in [0.1, 0.15) is 0 Å². The molecular weight excluding hydrogens is 238 g/mol. The average molecular weight is 254 g/mol. The fraction of sp³-hybridized carbons (Fsp3) is 0.462. The minimum absolute atomic E-state index is 0.0782. The van der Waals surface area contributed by atoms with E-state index in [0.29, 0.717) is 23.2 Å². The summed E-state index contributed by atoms with van der Waals surface area (Å²) in [6.45, 7) is 1.50. The van der Waals surface area contributed by atoms with Gasteiger partial charge in [-0.15, -0.1) is 0 Å². The molecular formula is C13H16ClNO2. The Balaban J connectivity index is 1.77. The zero-order valence-corrected chi connectivity index (χ0v) is 10.4. The monoisotopic (exact) mass is 253 g/mol. The molecule has 2 rings (SSSR count). The Kier molecular flexibility index (Phi) is 4.40. The van der Waals surface area contributed by atoms with Crippen LogP contribution in [0.25, 0.3) is 0 Å². The quantitative estimate of drug-likeness (QED) is 0.896. The van der Waals surface area contributed by atoms with Gasteiger partial charge in [-0.25, -0.2) is 0 Å². The number of ether oxygens (including phenoxy) is 1. The van der Waals surface area contributed by atoms with Crippen LogP contribution in [0.5, 0.6) is 0 Å². The van der Waals surface area contributed by atoms with E-state index in [4.69, 9.17) is 16.3 Å². The first-order chi connectivity index (χ1) is 8.25. The van der Waals surface area contributed by atoms with Gasteiger partial charge in [-0.3, -0.25) is 4.79 Å². The molecule has 3 nitrogen and oxygen atoms in total. The van der Waals surface area contributed by atoms with Gasteiger partial charge >= 0.3 is 0 Å². The van der Waals surface area contributed by atoms with Crippen LogP contribution in [0.1, 0.15) is 29.6 Å². The van der Waals surface area contributed by atoms with Gasteiger partial charge in [-0.1, -0.05) is 17.7 Å². The number of halogens is 1. The predicted octanol–water partition coefficient (Wildman–Crippen LogP) is 2.64. The maximum atomic E-state index is 11.8. The summed E-state index contributed by atoms with van der Waals surface area (Å²) in [5.74, 6) is -0.0782. The van der Waals surface area contributed by atoms with Crippen molar-refractivity contribution in [1.29, 1.82) is 0 Å². The largest absolute Gasteiger partial charge is 0.378 e. The SMILES string of the molecule is O=C(NCCC1CCCO1)c1cccc(Cl)c1. The summed E-state index contributed by atoms with van der Waals surface area (Å²) in [6, 6.07) is 6.96. The standard InChI is InChI=1S/C13H16ClNO2/c14-11-4-1-3-10(9-11)13(16)15-7-6-12-5-2-8-17-12/h1,3-4,9,12H,2,5-8H2,(H,15,16). The third-order valence-corrected chi connectivity index (χ3v) is 3.10. The summed E-state index contributed by atoms with van der Waals surface area (Å²) in [6.07, 6.45) is 3.43. The van der Waals surface area contributed by atoms with Crippen molar-refractivity contribution in [3.8, 4) is 0 Å². The van der Waals surface area contributed by atoms with E-state index in [2.05, 4.69) is 5.32 Å². The summed E-state index contributed by atoms with van der Waals surface area (Å²) in [4.78, 5) is 11.8. The van der Waals surface area contributed by atoms with E-state index in [1.807, 2.05) is 0 Å². The van der Waals surface area contributed by atoms with Crippen molar-refractivity contribution in [2.45, 2.75) is 25.4 Å². The number of carbonyl (C=O) groups is 1. The first-order valence-electron chi connectivity index (χ1n) is 5.91. The highest BCUT2D eigenvalue weighted by Gasteiger charge is 2.15. The summed E-state index contributed by atoms with van der Waals surface area (Å²) in [5, 5.41) is 3.46. The van der Waals surface area contributed by atoms with Crippen LogP contribution in [0.3, 0.4) is 0 Å². The lowest BCUT2D eigenvalue weighted by Gasteiger charge is -2.10. The van der Waals surface area contributed by atoms with Crippen LogP contribution < -0.4 is 5.32 Å². The molecule has 4 heteroatoms. The molecule has 17 heavy (non-hydrogen) atoms. The van der Waals surface area contributed by atoms with Gasteiger partial charge in [0.25, 0.3) is 5.91 Å². The second-order valence-corrected chi connectivity index (χ2v) is 4.63. The van der Waals surface area contributed by atoms with E-state index in [-0.39, 0.29) is 5.91 Å². The zero-order valence-electron chi connectivity index (χ0n) is 9.62. The average Bonchev–Trinajstić information content (AvgIpc) is 2.82. The first kappa shape index (κ1) is 12.4. The van der Waals surface area contributed by atoms with Crippen LogP contribution in [-0.4, -0.2) is 25.2 Å². The Bertz CT molecular complexity index is 389. The summed E-state index contributed by atoms with van der Waals surface area (Å²) in [5.41, 5.74) is 0.602. The summed E-state index contributed by atoms with van der Waals surface area (Å²) < 4.78 is 5.49. The molecule has 1 aromatic rings. The molecule has 1 aliphatic rings. The van der Waals surface area contributed by atoms with Gasteiger partial charge in [-0.05, 0) is 37.5 Å². The minimum Gasteiger partial charge on any atom is -0.378 e. The molecule has 1 amide bonds. The van der Waals surface area contributed by atoms with Gasteiger partial charge < -0.3 is 10.1 Å². The minimum atomic E-state index is -0.0782. The van der Waals surface area contributed by atoms with Crippen molar-refractivity contribution in [3.05, 3.63) is 34.9 Å². The van der Waals surface area contributed by atoms with Crippen molar-refractivity contribution >= 4 is 17.5 Å². The molecule has 0 spiro atoms. The fourth-order valence-electron chi connectivity index (χ4n) is 1.95. The Morgan fingerprint density at radius 1 is 1.53 bits per heavy atom. The van der Waals surface area contributed by atoms with Crippen molar-refractivity contribution in [1.82, 2.24) is 5.32 Å².